The second-order valence-electron chi connectivity index (χ2n) is 8.77. The lowest BCUT2D eigenvalue weighted by molar-refractivity contribution is 0.0903. The smallest absolute Gasteiger partial charge is 0.162 e. The number of hydrogen-bond acceptors (Lipinski definition) is 4. The number of ether oxygens (including phenoxy) is 3. The Kier molecular flexibility index (Phi) is 6.42. The van der Waals surface area contributed by atoms with E-state index in [2.05, 4.69) is 31.0 Å². The molecule has 2 aliphatic heterocycles. The van der Waals surface area contributed by atoms with E-state index in [9.17, 15) is 0 Å². The summed E-state index contributed by atoms with van der Waals surface area (Å²) in [5, 5.41) is 1.07. The van der Waals surface area contributed by atoms with Gasteiger partial charge in [0.15, 0.2) is 17.6 Å². The molecular weight excluding hydrogens is 457 g/mol. The van der Waals surface area contributed by atoms with Gasteiger partial charge in [0.2, 0.25) is 0 Å². The number of hydrogen-bond donors (Lipinski definition) is 0. The molecule has 33 heavy (non-hydrogen) atoms. The second kappa shape index (κ2) is 9.46. The van der Waals surface area contributed by atoms with Crippen LogP contribution in [0.1, 0.15) is 41.7 Å². The first-order valence-electron chi connectivity index (χ1n) is 11.3. The van der Waals surface area contributed by atoms with Crippen molar-refractivity contribution in [2.24, 2.45) is 0 Å². The summed E-state index contributed by atoms with van der Waals surface area (Å²) < 4.78 is 18.4. The molecule has 0 amide bonds. The third-order valence-electron chi connectivity index (χ3n) is 6.54. The molecule has 3 aromatic carbocycles. The first-order valence-corrected chi connectivity index (χ1v) is 12.1. The van der Waals surface area contributed by atoms with Crippen LogP contribution < -0.4 is 14.2 Å². The van der Waals surface area contributed by atoms with Crippen molar-refractivity contribution >= 4 is 23.2 Å². The molecular formula is C27H27Cl2NO3. The van der Waals surface area contributed by atoms with Crippen LogP contribution in [-0.2, 0) is 19.6 Å². The maximum Gasteiger partial charge on any atom is 0.162 e. The predicted octanol–water partition coefficient (Wildman–Crippen LogP) is 6.85. The highest BCUT2D eigenvalue weighted by atomic mass is 35.5. The van der Waals surface area contributed by atoms with E-state index in [0.29, 0.717) is 29.3 Å². The van der Waals surface area contributed by atoms with E-state index in [1.54, 1.807) is 6.07 Å². The highest BCUT2D eigenvalue weighted by Gasteiger charge is 2.28. The lowest BCUT2D eigenvalue weighted by Gasteiger charge is -2.35. The number of nitrogens with zero attached hydrogens (tertiary/aromatic N) is 1. The SMILES string of the molecule is CCC1Cc2cc3c(cc2CN1C)OC(c1ccc(OCc2ccc(Cl)c(Cl)c2)cc1)CO3. The van der Waals surface area contributed by atoms with Crippen LogP contribution in [0.2, 0.25) is 10.0 Å². The van der Waals surface area contributed by atoms with Crippen molar-refractivity contribution in [2.75, 3.05) is 13.7 Å². The predicted molar refractivity (Wildman–Crippen MR) is 132 cm³/mol. The maximum absolute atomic E-state index is 6.35. The largest absolute Gasteiger partial charge is 0.489 e. The van der Waals surface area contributed by atoms with Gasteiger partial charge in [-0.2, -0.15) is 0 Å². The number of halogens is 2. The fraction of sp³-hybridized carbons (Fsp3) is 0.333. The van der Waals surface area contributed by atoms with Gasteiger partial charge in [0.05, 0.1) is 10.0 Å². The standard InChI is InChI=1S/C27H27Cl2NO3/c1-3-21-11-19-12-25-26(13-20(19)14-30(21)2)33-27(16-32-25)18-5-7-22(8-6-18)31-15-17-4-9-23(28)24(29)10-17/h4-10,12-13,21,27H,3,11,14-16H2,1-2H3. The Morgan fingerprint density at radius 3 is 2.52 bits per heavy atom. The van der Waals surface area contributed by atoms with Gasteiger partial charge in [-0.1, -0.05) is 48.3 Å². The average molecular weight is 484 g/mol. The van der Waals surface area contributed by atoms with Gasteiger partial charge in [0.25, 0.3) is 0 Å². The molecule has 5 rings (SSSR count). The fourth-order valence-corrected chi connectivity index (χ4v) is 4.86. The molecule has 0 spiro atoms. The molecule has 0 saturated carbocycles. The molecule has 2 unspecified atom stereocenters. The normalized spacial score (nSPS) is 19.8. The van der Waals surface area contributed by atoms with Gasteiger partial charge in [-0.15, -0.1) is 0 Å². The van der Waals surface area contributed by atoms with Crippen molar-refractivity contribution in [2.45, 2.75) is 45.1 Å². The third kappa shape index (κ3) is 4.79. The Morgan fingerprint density at radius 2 is 1.76 bits per heavy atom. The summed E-state index contributed by atoms with van der Waals surface area (Å²) >= 11 is 12.1. The molecule has 2 atom stereocenters. The molecule has 4 nitrogen and oxygen atoms in total. The quantitative estimate of drug-likeness (QED) is 0.396. The average Bonchev–Trinajstić information content (AvgIpc) is 2.83. The lowest BCUT2D eigenvalue weighted by Crippen LogP contribution is -2.37. The van der Waals surface area contributed by atoms with Gasteiger partial charge in [-0.25, -0.2) is 0 Å². The summed E-state index contributed by atoms with van der Waals surface area (Å²) in [6, 6.07) is 18.4. The van der Waals surface area contributed by atoms with Crippen molar-refractivity contribution in [3.05, 3.63) is 86.9 Å². The van der Waals surface area contributed by atoms with Crippen molar-refractivity contribution in [3.8, 4) is 17.2 Å². The monoisotopic (exact) mass is 483 g/mol. The summed E-state index contributed by atoms with van der Waals surface area (Å²) in [5.74, 6) is 2.46. The Balaban J connectivity index is 1.25. The molecule has 0 radical (unpaired) electrons. The number of rotatable bonds is 5. The Hall–Kier alpha value is -2.40. The van der Waals surface area contributed by atoms with E-state index in [1.165, 1.54) is 11.1 Å². The summed E-state index contributed by atoms with van der Waals surface area (Å²) in [6.45, 7) is 4.11. The zero-order chi connectivity index (χ0) is 22.9. The van der Waals surface area contributed by atoms with Gasteiger partial charge < -0.3 is 14.2 Å². The van der Waals surface area contributed by atoms with E-state index in [1.807, 2.05) is 36.4 Å². The molecule has 6 heteroatoms. The number of fused-ring (bicyclic) bond motifs is 2. The number of benzene rings is 3. The fourth-order valence-electron chi connectivity index (χ4n) is 4.54. The van der Waals surface area contributed by atoms with Crippen LogP contribution in [-0.4, -0.2) is 24.6 Å². The molecule has 0 N–H and O–H groups in total. The first-order chi connectivity index (χ1) is 16.0. The minimum Gasteiger partial charge on any atom is -0.489 e. The summed E-state index contributed by atoms with van der Waals surface area (Å²) in [7, 11) is 2.20. The minimum atomic E-state index is -0.149. The van der Waals surface area contributed by atoms with Crippen LogP contribution in [0.3, 0.4) is 0 Å². The molecule has 172 valence electrons. The van der Waals surface area contributed by atoms with Crippen molar-refractivity contribution in [3.63, 3.8) is 0 Å². The summed E-state index contributed by atoms with van der Waals surface area (Å²) in [6.07, 6.45) is 2.07. The molecule has 0 fully saturated rings. The molecule has 0 aliphatic carbocycles. The van der Waals surface area contributed by atoms with E-state index >= 15 is 0 Å². The Morgan fingerprint density at radius 1 is 0.970 bits per heavy atom. The van der Waals surface area contributed by atoms with Gasteiger partial charge >= 0.3 is 0 Å². The van der Waals surface area contributed by atoms with Crippen LogP contribution >= 0.6 is 23.2 Å². The summed E-state index contributed by atoms with van der Waals surface area (Å²) in [4.78, 5) is 2.42. The zero-order valence-corrected chi connectivity index (χ0v) is 20.3. The summed E-state index contributed by atoms with van der Waals surface area (Å²) in [5.41, 5.74) is 4.73. The maximum atomic E-state index is 6.35. The van der Waals surface area contributed by atoms with E-state index in [4.69, 9.17) is 37.4 Å². The van der Waals surface area contributed by atoms with Gasteiger partial charge in [-0.05, 0) is 78.5 Å². The van der Waals surface area contributed by atoms with Crippen molar-refractivity contribution in [1.82, 2.24) is 4.90 Å². The lowest BCUT2D eigenvalue weighted by atomic mass is 9.92. The highest BCUT2D eigenvalue weighted by Crippen LogP contribution is 2.40. The highest BCUT2D eigenvalue weighted by molar-refractivity contribution is 6.42. The topological polar surface area (TPSA) is 30.9 Å². The molecule has 3 aromatic rings. The van der Waals surface area contributed by atoms with Crippen LogP contribution in [0.5, 0.6) is 17.2 Å². The minimum absolute atomic E-state index is 0.149. The van der Waals surface area contributed by atoms with Crippen molar-refractivity contribution < 1.29 is 14.2 Å². The molecule has 2 aliphatic rings. The van der Waals surface area contributed by atoms with Gasteiger partial charge in [-0.3, -0.25) is 4.90 Å². The Labute approximate surface area is 205 Å². The van der Waals surface area contributed by atoms with Crippen LogP contribution in [0, 0.1) is 0 Å². The number of likely N-dealkylation sites (N-methyl/N-ethyl adjacent to an activating group) is 1. The van der Waals surface area contributed by atoms with Crippen LogP contribution in [0.4, 0.5) is 0 Å². The van der Waals surface area contributed by atoms with E-state index < -0.39 is 0 Å². The van der Waals surface area contributed by atoms with Crippen LogP contribution in [0.15, 0.2) is 54.6 Å². The van der Waals surface area contributed by atoms with Crippen molar-refractivity contribution in [1.29, 1.82) is 0 Å². The Bertz CT molecular complexity index is 1150. The van der Waals surface area contributed by atoms with E-state index in [0.717, 1.165) is 47.8 Å². The molecule has 0 bridgehead atoms. The molecule has 0 aromatic heterocycles. The molecule has 2 heterocycles. The zero-order valence-electron chi connectivity index (χ0n) is 18.8. The van der Waals surface area contributed by atoms with Crippen LogP contribution in [0.25, 0.3) is 0 Å². The van der Waals surface area contributed by atoms with E-state index in [-0.39, 0.29) is 6.10 Å². The van der Waals surface area contributed by atoms with Gasteiger partial charge in [0, 0.05) is 12.6 Å². The third-order valence-corrected chi connectivity index (χ3v) is 7.28. The first kappa shape index (κ1) is 22.4. The second-order valence-corrected chi connectivity index (χ2v) is 9.59. The molecule has 0 saturated heterocycles. The van der Waals surface area contributed by atoms with Gasteiger partial charge in [0.1, 0.15) is 19.0 Å².